The summed E-state index contributed by atoms with van der Waals surface area (Å²) in [5.41, 5.74) is 1.57. The molecular formula is C19H29N3O2. The highest BCUT2D eigenvalue weighted by atomic mass is 16.2. The summed E-state index contributed by atoms with van der Waals surface area (Å²) in [5.74, 6) is -0.0981. The monoisotopic (exact) mass is 331 g/mol. The molecule has 0 unspecified atom stereocenters. The van der Waals surface area contributed by atoms with Crippen LogP contribution in [0, 0.1) is 0 Å². The van der Waals surface area contributed by atoms with E-state index < -0.39 is 0 Å². The third-order valence-corrected chi connectivity index (χ3v) is 4.44. The topological polar surface area (TPSA) is 56.0 Å². The number of carbonyl (C=O) groups excluding carboxylic acids is 1. The number of nitrogens with one attached hydrogen (secondary N) is 1. The quantitative estimate of drug-likeness (QED) is 0.717. The minimum atomic E-state index is -0.121. The van der Waals surface area contributed by atoms with Gasteiger partial charge >= 0.3 is 5.69 Å². The summed E-state index contributed by atoms with van der Waals surface area (Å²) in [6.45, 7) is 6.84. The van der Waals surface area contributed by atoms with Crippen LogP contribution in [0.15, 0.2) is 29.1 Å². The third kappa shape index (κ3) is 4.28. The Labute approximate surface area is 143 Å². The fourth-order valence-electron chi connectivity index (χ4n) is 3.14. The second-order valence-electron chi connectivity index (χ2n) is 6.42. The lowest BCUT2D eigenvalue weighted by atomic mass is 10.1. The first-order chi connectivity index (χ1) is 11.6. The molecule has 0 aliphatic rings. The van der Waals surface area contributed by atoms with Gasteiger partial charge in [-0.15, -0.1) is 0 Å². The Balaban J connectivity index is 2.03. The number of hydrogen-bond acceptors (Lipinski definition) is 2. The second kappa shape index (κ2) is 8.71. The van der Waals surface area contributed by atoms with Gasteiger partial charge in [0.25, 0.3) is 0 Å². The number of carbonyl (C=O) groups is 1. The molecule has 0 radical (unpaired) electrons. The summed E-state index contributed by atoms with van der Waals surface area (Å²) in [6, 6.07) is 7.77. The highest BCUT2D eigenvalue weighted by Gasteiger charge is 2.15. The van der Waals surface area contributed by atoms with Gasteiger partial charge in [-0.25, -0.2) is 4.79 Å². The Kier molecular flexibility index (Phi) is 6.64. The van der Waals surface area contributed by atoms with Crippen molar-refractivity contribution >= 4 is 16.9 Å². The third-order valence-electron chi connectivity index (χ3n) is 4.44. The van der Waals surface area contributed by atoms with Crippen LogP contribution in [0.25, 0.3) is 11.0 Å². The smallest absolute Gasteiger partial charge is 0.329 e. The molecule has 24 heavy (non-hydrogen) atoms. The molecule has 2 rings (SSSR count). The van der Waals surface area contributed by atoms with Crippen LogP contribution in [-0.4, -0.2) is 21.1 Å². The van der Waals surface area contributed by atoms with Crippen LogP contribution in [0.2, 0.25) is 0 Å². The molecule has 132 valence electrons. The van der Waals surface area contributed by atoms with Crippen LogP contribution in [0.3, 0.4) is 0 Å². The Morgan fingerprint density at radius 2 is 1.75 bits per heavy atom. The van der Waals surface area contributed by atoms with Gasteiger partial charge in [0.1, 0.15) is 6.54 Å². The molecule has 0 spiro atoms. The van der Waals surface area contributed by atoms with Gasteiger partial charge in [0.2, 0.25) is 5.91 Å². The number of hydrogen-bond donors (Lipinski definition) is 1. The van der Waals surface area contributed by atoms with E-state index in [0.29, 0.717) is 6.54 Å². The highest BCUT2D eigenvalue weighted by molar-refractivity contribution is 5.81. The van der Waals surface area contributed by atoms with E-state index >= 15 is 0 Å². The van der Waals surface area contributed by atoms with Crippen LogP contribution < -0.4 is 11.0 Å². The van der Waals surface area contributed by atoms with Crippen molar-refractivity contribution in [1.82, 2.24) is 14.5 Å². The number of nitrogens with zero attached hydrogens (tertiary/aromatic N) is 2. The van der Waals surface area contributed by atoms with Gasteiger partial charge in [0, 0.05) is 12.6 Å². The van der Waals surface area contributed by atoms with Gasteiger partial charge in [-0.3, -0.25) is 13.9 Å². The van der Waals surface area contributed by atoms with Crippen molar-refractivity contribution in [3.63, 3.8) is 0 Å². The van der Waals surface area contributed by atoms with Crippen LogP contribution in [0.1, 0.15) is 52.9 Å². The number of aromatic nitrogens is 2. The predicted molar refractivity (Wildman–Crippen MR) is 98.2 cm³/mol. The molecule has 1 heterocycles. The molecule has 1 amide bonds. The lowest BCUT2D eigenvalue weighted by molar-refractivity contribution is -0.122. The molecule has 1 atom stereocenters. The van der Waals surface area contributed by atoms with E-state index in [-0.39, 0.29) is 24.2 Å². The predicted octanol–water partition coefficient (Wildman–Crippen LogP) is 3.30. The zero-order chi connectivity index (χ0) is 17.5. The minimum Gasteiger partial charge on any atom is -0.352 e. The highest BCUT2D eigenvalue weighted by Crippen LogP contribution is 2.12. The van der Waals surface area contributed by atoms with E-state index in [0.717, 1.165) is 23.9 Å². The number of amides is 1. The molecule has 5 nitrogen and oxygen atoms in total. The number of fused-ring (bicyclic) bond motifs is 1. The maximum Gasteiger partial charge on any atom is 0.329 e. The van der Waals surface area contributed by atoms with Crippen LogP contribution >= 0.6 is 0 Å². The molecule has 1 aromatic heterocycles. The van der Waals surface area contributed by atoms with Crippen molar-refractivity contribution in [3.05, 3.63) is 34.7 Å². The van der Waals surface area contributed by atoms with Gasteiger partial charge in [0.05, 0.1) is 11.0 Å². The van der Waals surface area contributed by atoms with Gasteiger partial charge in [-0.2, -0.15) is 0 Å². The number of para-hydroxylation sites is 2. The molecule has 5 heteroatoms. The zero-order valence-corrected chi connectivity index (χ0v) is 15.0. The van der Waals surface area contributed by atoms with Gasteiger partial charge in [0.15, 0.2) is 0 Å². The zero-order valence-electron chi connectivity index (χ0n) is 15.0. The Bertz CT molecular complexity index is 730. The molecule has 0 saturated heterocycles. The first-order valence-electron chi connectivity index (χ1n) is 9.05. The summed E-state index contributed by atoms with van der Waals surface area (Å²) >= 11 is 0. The molecule has 0 aliphatic heterocycles. The summed E-state index contributed by atoms with van der Waals surface area (Å²) in [7, 11) is 0. The molecule has 2 aromatic rings. The number of imidazole rings is 1. The summed E-state index contributed by atoms with van der Waals surface area (Å²) < 4.78 is 3.27. The molecular weight excluding hydrogens is 302 g/mol. The molecule has 0 saturated carbocycles. The van der Waals surface area contributed by atoms with E-state index in [1.807, 2.05) is 38.1 Å². The van der Waals surface area contributed by atoms with Gasteiger partial charge < -0.3 is 5.32 Å². The van der Waals surface area contributed by atoms with Crippen molar-refractivity contribution in [2.75, 3.05) is 0 Å². The molecule has 1 N–H and O–H groups in total. The van der Waals surface area contributed by atoms with Crippen LogP contribution in [0.5, 0.6) is 0 Å². The summed E-state index contributed by atoms with van der Waals surface area (Å²) in [5, 5.41) is 3.02. The largest absolute Gasteiger partial charge is 0.352 e. The lowest BCUT2D eigenvalue weighted by Gasteiger charge is -2.14. The van der Waals surface area contributed by atoms with Crippen molar-refractivity contribution < 1.29 is 4.79 Å². The van der Waals surface area contributed by atoms with Crippen LogP contribution in [-0.2, 0) is 17.9 Å². The number of rotatable bonds is 9. The fraction of sp³-hybridized carbons (Fsp3) is 0.579. The summed E-state index contributed by atoms with van der Waals surface area (Å²) in [4.78, 5) is 24.9. The van der Waals surface area contributed by atoms with Crippen molar-refractivity contribution in [2.45, 2.75) is 72.0 Å². The second-order valence-corrected chi connectivity index (χ2v) is 6.42. The Hall–Kier alpha value is -2.04. The van der Waals surface area contributed by atoms with E-state index in [2.05, 4.69) is 12.2 Å². The maximum atomic E-state index is 12.5. The van der Waals surface area contributed by atoms with Gasteiger partial charge in [-0.1, -0.05) is 44.7 Å². The van der Waals surface area contributed by atoms with Crippen LogP contribution in [0.4, 0.5) is 0 Å². The lowest BCUT2D eigenvalue weighted by Crippen LogP contribution is -2.37. The molecule has 1 aromatic carbocycles. The van der Waals surface area contributed by atoms with Crippen molar-refractivity contribution in [3.8, 4) is 0 Å². The minimum absolute atomic E-state index is 0.0750. The van der Waals surface area contributed by atoms with E-state index in [4.69, 9.17) is 0 Å². The van der Waals surface area contributed by atoms with E-state index in [1.165, 1.54) is 19.3 Å². The normalized spacial score (nSPS) is 12.5. The van der Waals surface area contributed by atoms with Gasteiger partial charge in [-0.05, 0) is 32.4 Å². The summed E-state index contributed by atoms with van der Waals surface area (Å²) in [6.07, 6.45) is 5.78. The number of benzene rings is 1. The fourth-order valence-corrected chi connectivity index (χ4v) is 3.14. The average Bonchev–Trinajstić information content (AvgIpc) is 2.83. The van der Waals surface area contributed by atoms with Crippen molar-refractivity contribution in [1.29, 1.82) is 0 Å². The maximum absolute atomic E-state index is 12.5. The van der Waals surface area contributed by atoms with Crippen molar-refractivity contribution in [2.24, 2.45) is 0 Å². The SMILES string of the molecule is CCCCCC[C@H](C)NC(=O)Cn1c(=O)n(CC)c2ccccc21. The Morgan fingerprint density at radius 3 is 2.38 bits per heavy atom. The number of aryl methyl sites for hydroxylation is 1. The first kappa shape index (κ1) is 18.3. The molecule has 0 bridgehead atoms. The Morgan fingerprint density at radius 1 is 1.08 bits per heavy atom. The standard InChI is InChI=1S/C19H29N3O2/c1-4-6-7-8-11-15(3)20-18(23)14-22-17-13-10-9-12-16(17)21(5-2)19(22)24/h9-10,12-13,15H,4-8,11,14H2,1-3H3,(H,20,23)/t15-/m0/s1. The van der Waals surface area contributed by atoms with E-state index in [9.17, 15) is 9.59 Å². The molecule has 0 aliphatic carbocycles. The molecule has 0 fully saturated rings. The average molecular weight is 331 g/mol. The first-order valence-corrected chi connectivity index (χ1v) is 9.05. The number of unbranched alkanes of at least 4 members (excludes halogenated alkanes) is 3. The van der Waals surface area contributed by atoms with E-state index in [1.54, 1.807) is 9.13 Å².